The molecule has 0 unspecified atom stereocenters. The Morgan fingerprint density at radius 3 is 2.59 bits per heavy atom. The van der Waals surface area contributed by atoms with Crippen LogP contribution in [-0.4, -0.2) is 64.9 Å². The molecule has 0 spiro atoms. The molecule has 1 aromatic heterocycles. The molecule has 0 amide bonds. The van der Waals surface area contributed by atoms with Gasteiger partial charge < -0.3 is 19.3 Å². The van der Waals surface area contributed by atoms with Gasteiger partial charge in [0.15, 0.2) is 0 Å². The molecule has 0 aliphatic carbocycles. The number of benzene rings is 2. The highest BCUT2D eigenvalue weighted by Crippen LogP contribution is 2.35. The summed E-state index contributed by atoms with van der Waals surface area (Å²) >= 11 is 6.46. The van der Waals surface area contributed by atoms with Crippen molar-refractivity contribution in [2.24, 2.45) is 5.92 Å². The van der Waals surface area contributed by atoms with Gasteiger partial charge in [-0.25, -0.2) is 4.68 Å². The molecule has 1 aliphatic rings. The summed E-state index contributed by atoms with van der Waals surface area (Å²) in [5, 5.41) is 16.2. The van der Waals surface area contributed by atoms with Crippen LogP contribution >= 0.6 is 11.6 Å². The number of ether oxygens (including phenoxy) is 3. The van der Waals surface area contributed by atoms with Crippen molar-refractivity contribution < 1.29 is 19.3 Å². The third kappa shape index (κ3) is 7.79. The predicted molar refractivity (Wildman–Crippen MR) is 146 cm³/mol. The maximum absolute atomic E-state index is 10.8. The van der Waals surface area contributed by atoms with Crippen LogP contribution in [0.15, 0.2) is 54.6 Å². The number of aromatic nitrogens is 2. The molecule has 1 N–H and O–H groups in total. The first-order valence-corrected chi connectivity index (χ1v) is 13.4. The number of nitrogens with zero attached hydrogens (tertiary/aromatic N) is 3. The minimum absolute atomic E-state index is 0.140. The molecule has 1 fully saturated rings. The van der Waals surface area contributed by atoms with E-state index in [1.54, 1.807) is 0 Å². The molecule has 0 radical (unpaired) electrons. The lowest BCUT2D eigenvalue weighted by Gasteiger charge is -2.28. The van der Waals surface area contributed by atoms with Gasteiger partial charge >= 0.3 is 0 Å². The van der Waals surface area contributed by atoms with Crippen LogP contribution in [0, 0.1) is 12.8 Å². The van der Waals surface area contributed by atoms with E-state index in [4.69, 9.17) is 30.9 Å². The third-order valence-corrected chi connectivity index (χ3v) is 6.59. The van der Waals surface area contributed by atoms with Gasteiger partial charge in [-0.2, -0.15) is 5.10 Å². The molecule has 1 aliphatic heterocycles. The van der Waals surface area contributed by atoms with Crippen molar-refractivity contribution in [2.45, 2.75) is 52.4 Å². The number of aliphatic hydroxyl groups excluding tert-OH is 1. The molecule has 2 heterocycles. The van der Waals surface area contributed by atoms with Crippen molar-refractivity contribution in [3.63, 3.8) is 0 Å². The normalized spacial score (nSPS) is 16.6. The van der Waals surface area contributed by atoms with Crippen molar-refractivity contribution in [1.82, 2.24) is 14.7 Å². The number of aliphatic hydroxyl groups is 1. The summed E-state index contributed by atoms with van der Waals surface area (Å²) < 4.78 is 19.9. The Kier molecular flexibility index (Phi) is 10.00. The molecule has 37 heavy (non-hydrogen) atoms. The van der Waals surface area contributed by atoms with Crippen molar-refractivity contribution in [1.29, 1.82) is 0 Å². The van der Waals surface area contributed by atoms with Crippen LogP contribution in [0.25, 0.3) is 5.69 Å². The molecular formula is C29H38ClN3O4. The highest BCUT2D eigenvalue weighted by Gasteiger charge is 2.26. The standard InChI is InChI=1S/C29H38ClN3O4/c1-21(2)19-35-20-24(34)16-32(17-25-12-9-15-36-25)18-26-22(3)31-33(23-10-5-4-6-11-23)29(26)37-28-14-8-7-13-27(28)30/h4-8,10-11,13-14,21,24-25,34H,9,12,15-20H2,1-3H3/t24-,25-/m1/s1. The molecule has 7 nitrogen and oxygen atoms in total. The second-order valence-corrected chi connectivity index (χ2v) is 10.5. The van der Waals surface area contributed by atoms with Gasteiger partial charge in [0, 0.05) is 32.8 Å². The van der Waals surface area contributed by atoms with Crippen LogP contribution in [0.1, 0.15) is 37.9 Å². The zero-order chi connectivity index (χ0) is 26.2. The first kappa shape index (κ1) is 27.6. The monoisotopic (exact) mass is 527 g/mol. The smallest absolute Gasteiger partial charge is 0.227 e. The fraction of sp³-hybridized carbons (Fsp3) is 0.483. The Bertz CT molecular complexity index is 1120. The minimum Gasteiger partial charge on any atom is -0.437 e. The quantitative estimate of drug-likeness (QED) is 0.310. The van der Waals surface area contributed by atoms with E-state index in [9.17, 15) is 5.11 Å². The maximum atomic E-state index is 10.8. The molecule has 0 bridgehead atoms. The van der Waals surface area contributed by atoms with Crippen LogP contribution in [0.5, 0.6) is 11.6 Å². The van der Waals surface area contributed by atoms with Gasteiger partial charge in [0.05, 0.1) is 40.8 Å². The first-order valence-electron chi connectivity index (χ1n) is 13.1. The van der Waals surface area contributed by atoms with Crippen LogP contribution in [0.2, 0.25) is 5.02 Å². The molecular weight excluding hydrogens is 490 g/mol. The fourth-order valence-corrected chi connectivity index (χ4v) is 4.67. The number of hydrogen-bond acceptors (Lipinski definition) is 6. The second kappa shape index (κ2) is 13.4. The van der Waals surface area contributed by atoms with Gasteiger partial charge in [-0.15, -0.1) is 0 Å². The SMILES string of the molecule is Cc1nn(-c2ccccc2)c(Oc2ccccc2Cl)c1CN(C[C@@H](O)COCC(C)C)C[C@H]1CCCO1. The van der Waals surface area contributed by atoms with E-state index in [1.807, 2.05) is 66.2 Å². The van der Waals surface area contributed by atoms with E-state index < -0.39 is 6.10 Å². The molecule has 2 aromatic carbocycles. The second-order valence-electron chi connectivity index (χ2n) is 10.1. The predicted octanol–water partition coefficient (Wildman–Crippen LogP) is 5.64. The van der Waals surface area contributed by atoms with Crippen LogP contribution in [0.4, 0.5) is 0 Å². The molecule has 8 heteroatoms. The zero-order valence-electron chi connectivity index (χ0n) is 22.0. The Balaban J connectivity index is 1.62. The highest BCUT2D eigenvalue weighted by molar-refractivity contribution is 6.32. The molecule has 200 valence electrons. The minimum atomic E-state index is -0.613. The van der Waals surface area contributed by atoms with Gasteiger partial charge in [0.25, 0.3) is 0 Å². The summed E-state index contributed by atoms with van der Waals surface area (Å²) in [5.41, 5.74) is 2.69. The van der Waals surface area contributed by atoms with Gasteiger partial charge in [-0.05, 0) is 49.9 Å². The lowest BCUT2D eigenvalue weighted by molar-refractivity contribution is -0.00406. The molecule has 2 atom stereocenters. The Morgan fingerprint density at radius 1 is 1.14 bits per heavy atom. The largest absolute Gasteiger partial charge is 0.437 e. The summed E-state index contributed by atoms with van der Waals surface area (Å²) in [6.45, 7) is 9.60. The van der Waals surface area contributed by atoms with Crippen molar-refractivity contribution in [3.05, 3.63) is 70.9 Å². The van der Waals surface area contributed by atoms with E-state index in [-0.39, 0.29) is 6.10 Å². The van der Waals surface area contributed by atoms with Gasteiger partial charge in [0.1, 0.15) is 5.75 Å². The Morgan fingerprint density at radius 2 is 1.89 bits per heavy atom. The van der Waals surface area contributed by atoms with E-state index in [0.29, 0.717) is 55.4 Å². The van der Waals surface area contributed by atoms with Gasteiger partial charge in [0.2, 0.25) is 5.88 Å². The summed E-state index contributed by atoms with van der Waals surface area (Å²) in [6, 6.07) is 17.3. The average molecular weight is 528 g/mol. The Hall–Kier alpha value is -2.42. The lowest BCUT2D eigenvalue weighted by atomic mass is 10.1. The lowest BCUT2D eigenvalue weighted by Crippen LogP contribution is -2.39. The molecule has 4 rings (SSSR count). The number of para-hydroxylation sites is 2. The fourth-order valence-electron chi connectivity index (χ4n) is 4.50. The third-order valence-electron chi connectivity index (χ3n) is 6.28. The molecule has 3 aromatic rings. The van der Waals surface area contributed by atoms with Crippen molar-refractivity contribution >= 4 is 11.6 Å². The zero-order valence-corrected chi connectivity index (χ0v) is 22.7. The number of aryl methyl sites for hydroxylation is 1. The summed E-state index contributed by atoms with van der Waals surface area (Å²) in [7, 11) is 0. The number of rotatable bonds is 13. The van der Waals surface area contributed by atoms with Crippen LogP contribution in [-0.2, 0) is 16.0 Å². The van der Waals surface area contributed by atoms with E-state index >= 15 is 0 Å². The number of hydrogen-bond donors (Lipinski definition) is 1. The average Bonchev–Trinajstić information content (AvgIpc) is 3.49. The van der Waals surface area contributed by atoms with Gasteiger partial charge in [-0.1, -0.05) is 55.8 Å². The first-order chi connectivity index (χ1) is 17.9. The summed E-state index contributed by atoms with van der Waals surface area (Å²) in [5.74, 6) is 1.60. The van der Waals surface area contributed by atoms with Crippen molar-refractivity contribution in [3.8, 4) is 17.3 Å². The Labute approximate surface area is 224 Å². The summed E-state index contributed by atoms with van der Waals surface area (Å²) in [4.78, 5) is 2.22. The van der Waals surface area contributed by atoms with E-state index in [1.165, 1.54) is 0 Å². The number of halogens is 1. The molecule has 1 saturated heterocycles. The summed E-state index contributed by atoms with van der Waals surface area (Å²) in [6.07, 6.45) is 1.60. The maximum Gasteiger partial charge on any atom is 0.227 e. The van der Waals surface area contributed by atoms with E-state index in [2.05, 4.69) is 18.7 Å². The van der Waals surface area contributed by atoms with E-state index in [0.717, 1.165) is 36.4 Å². The van der Waals surface area contributed by atoms with Gasteiger partial charge in [-0.3, -0.25) is 4.90 Å². The highest BCUT2D eigenvalue weighted by atomic mass is 35.5. The topological polar surface area (TPSA) is 69.0 Å². The van der Waals surface area contributed by atoms with Crippen molar-refractivity contribution in [2.75, 3.05) is 32.9 Å². The van der Waals surface area contributed by atoms with Crippen LogP contribution < -0.4 is 4.74 Å². The molecule has 0 saturated carbocycles. The van der Waals surface area contributed by atoms with Crippen LogP contribution in [0.3, 0.4) is 0 Å².